The molecule has 3 heterocycles. The summed E-state index contributed by atoms with van der Waals surface area (Å²) in [5.41, 5.74) is -0.550. The summed E-state index contributed by atoms with van der Waals surface area (Å²) in [6, 6.07) is 7.27. The van der Waals surface area contributed by atoms with Crippen LogP contribution in [-0.4, -0.2) is 28.8 Å². The van der Waals surface area contributed by atoms with Gasteiger partial charge in [0.1, 0.15) is 11.1 Å². The third-order valence-corrected chi connectivity index (χ3v) is 5.10. The van der Waals surface area contributed by atoms with Crippen molar-refractivity contribution in [3.05, 3.63) is 52.8 Å². The summed E-state index contributed by atoms with van der Waals surface area (Å²) in [5, 5.41) is 21.4. The van der Waals surface area contributed by atoms with Gasteiger partial charge < -0.3 is 28.5 Å². The van der Waals surface area contributed by atoms with Crippen molar-refractivity contribution in [1.82, 2.24) is 4.40 Å². The van der Waals surface area contributed by atoms with Crippen molar-refractivity contribution >= 4 is 38.2 Å². The zero-order chi connectivity index (χ0) is 20.4. The molecule has 0 radical (unpaired) electrons. The molecule has 0 aliphatic heterocycles. The van der Waals surface area contributed by atoms with Crippen LogP contribution in [0.2, 0.25) is 0 Å². The standard InChI is InChI=1S/C21H14FNO6/c1-27-15-6-10-9(5-12(15)24)3-4-23-19(10)18(22)17-11-7-16(28-2)13(25)8-14(11)29-21(26)20(17)23/h3-8,24-25H,1-2H3. The van der Waals surface area contributed by atoms with Crippen LogP contribution >= 0.6 is 0 Å². The molecule has 3 aromatic heterocycles. The molecule has 5 aromatic rings. The zero-order valence-corrected chi connectivity index (χ0v) is 15.3. The molecule has 0 spiro atoms. The number of nitrogens with zero attached hydrogens (tertiary/aromatic N) is 1. The summed E-state index contributed by atoms with van der Waals surface area (Å²) in [5.74, 6) is -0.634. The van der Waals surface area contributed by atoms with E-state index in [0.717, 1.165) is 0 Å². The number of rotatable bonds is 2. The molecule has 2 N–H and O–H groups in total. The number of phenolic OH excluding ortho intramolecular Hbond substituents is 2. The Labute approximate surface area is 161 Å². The fraction of sp³-hybridized carbons (Fsp3) is 0.0952. The lowest BCUT2D eigenvalue weighted by Crippen LogP contribution is -2.02. The minimum Gasteiger partial charge on any atom is -0.504 e. The van der Waals surface area contributed by atoms with Crippen molar-refractivity contribution in [2.75, 3.05) is 14.2 Å². The zero-order valence-electron chi connectivity index (χ0n) is 15.3. The van der Waals surface area contributed by atoms with E-state index < -0.39 is 11.4 Å². The second-order valence-electron chi connectivity index (χ2n) is 6.59. The first-order valence-electron chi connectivity index (χ1n) is 8.61. The molecule has 0 saturated carbocycles. The van der Waals surface area contributed by atoms with E-state index in [0.29, 0.717) is 10.8 Å². The van der Waals surface area contributed by atoms with Crippen LogP contribution in [0.15, 0.2) is 45.7 Å². The Kier molecular flexibility index (Phi) is 3.42. The van der Waals surface area contributed by atoms with E-state index in [4.69, 9.17) is 13.9 Å². The van der Waals surface area contributed by atoms with E-state index in [1.54, 1.807) is 6.07 Å². The van der Waals surface area contributed by atoms with Crippen LogP contribution in [0.25, 0.3) is 38.2 Å². The number of ether oxygens (including phenoxy) is 2. The second-order valence-corrected chi connectivity index (χ2v) is 6.59. The number of aromatic hydroxyl groups is 2. The summed E-state index contributed by atoms with van der Waals surface area (Å²) in [7, 11) is 2.77. The number of hydrogen-bond donors (Lipinski definition) is 2. The second kappa shape index (κ2) is 5.78. The molecule has 0 amide bonds. The van der Waals surface area contributed by atoms with Crippen LogP contribution < -0.4 is 15.1 Å². The van der Waals surface area contributed by atoms with Gasteiger partial charge >= 0.3 is 5.63 Å². The van der Waals surface area contributed by atoms with Gasteiger partial charge in [-0.2, -0.15) is 0 Å². The monoisotopic (exact) mass is 395 g/mol. The van der Waals surface area contributed by atoms with Gasteiger partial charge in [0.15, 0.2) is 28.8 Å². The van der Waals surface area contributed by atoms with Crippen LogP contribution in [0.5, 0.6) is 23.0 Å². The van der Waals surface area contributed by atoms with Crippen molar-refractivity contribution < 1.29 is 28.5 Å². The van der Waals surface area contributed by atoms with Gasteiger partial charge in [0, 0.05) is 23.0 Å². The summed E-state index contributed by atoms with van der Waals surface area (Å²) in [4.78, 5) is 12.7. The van der Waals surface area contributed by atoms with Gasteiger partial charge in [0.05, 0.1) is 25.1 Å². The number of aromatic nitrogens is 1. The number of benzene rings is 2. The van der Waals surface area contributed by atoms with Gasteiger partial charge in [-0.3, -0.25) is 0 Å². The smallest absolute Gasteiger partial charge is 0.361 e. The van der Waals surface area contributed by atoms with Crippen molar-refractivity contribution in [3.63, 3.8) is 0 Å². The number of fused-ring (bicyclic) bond motifs is 7. The lowest BCUT2D eigenvalue weighted by Gasteiger charge is -2.07. The van der Waals surface area contributed by atoms with E-state index in [9.17, 15) is 15.0 Å². The molecule has 5 rings (SSSR count). The van der Waals surface area contributed by atoms with Gasteiger partial charge in [-0.15, -0.1) is 0 Å². The Morgan fingerprint density at radius 3 is 2.31 bits per heavy atom. The van der Waals surface area contributed by atoms with E-state index >= 15 is 4.39 Å². The number of phenols is 2. The Morgan fingerprint density at radius 1 is 0.966 bits per heavy atom. The van der Waals surface area contributed by atoms with Crippen molar-refractivity contribution in [1.29, 1.82) is 0 Å². The van der Waals surface area contributed by atoms with Gasteiger partial charge in [0.2, 0.25) is 0 Å². The van der Waals surface area contributed by atoms with E-state index in [2.05, 4.69) is 0 Å². The molecule has 29 heavy (non-hydrogen) atoms. The molecule has 2 aromatic carbocycles. The predicted molar refractivity (Wildman–Crippen MR) is 105 cm³/mol. The highest BCUT2D eigenvalue weighted by atomic mass is 19.1. The lowest BCUT2D eigenvalue weighted by molar-refractivity contribution is 0.373. The van der Waals surface area contributed by atoms with Gasteiger partial charge in [-0.1, -0.05) is 0 Å². The van der Waals surface area contributed by atoms with Crippen LogP contribution in [0.4, 0.5) is 4.39 Å². The molecule has 0 bridgehead atoms. The van der Waals surface area contributed by atoms with Gasteiger partial charge in [0.25, 0.3) is 0 Å². The number of pyridine rings is 1. The van der Waals surface area contributed by atoms with Crippen LogP contribution in [0.1, 0.15) is 0 Å². The molecule has 0 atom stereocenters. The SMILES string of the molecule is COc1cc2c(cc1O)oc(=O)c1c2c(F)c2c3cc(OC)c(O)cc3ccn21. The first-order valence-corrected chi connectivity index (χ1v) is 8.61. The van der Waals surface area contributed by atoms with Crippen molar-refractivity contribution in [2.24, 2.45) is 0 Å². The van der Waals surface area contributed by atoms with Gasteiger partial charge in [-0.25, -0.2) is 9.18 Å². The minimum atomic E-state index is -0.749. The molecule has 8 heteroatoms. The summed E-state index contributed by atoms with van der Waals surface area (Å²) < 4.78 is 32.7. The van der Waals surface area contributed by atoms with Crippen LogP contribution in [0, 0.1) is 5.82 Å². The first kappa shape index (κ1) is 17.2. The fourth-order valence-electron chi connectivity index (χ4n) is 3.79. The molecule has 0 aliphatic carbocycles. The molecule has 0 fully saturated rings. The summed E-state index contributed by atoms with van der Waals surface area (Å²) >= 11 is 0. The van der Waals surface area contributed by atoms with Crippen LogP contribution in [-0.2, 0) is 0 Å². The molecule has 0 saturated heterocycles. The Bertz CT molecular complexity index is 1530. The average molecular weight is 395 g/mol. The number of halogens is 1. The average Bonchev–Trinajstić information content (AvgIpc) is 3.01. The highest BCUT2D eigenvalue weighted by Crippen LogP contribution is 2.39. The normalized spacial score (nSPS) is 11.7. The molecule has 7 nitrogen and oxygen atoms in total. The maximum atomic E-state index is 15.7. The molecular formula is C21H14FNO6. The Hall–Kier alpha value is -3.94. The third kappa shape index (κ3) is 2.19. The lowest BCUT2D eigenvalue weighted by atomic mass is 10.1. The van der Waals surface area contributed by atoms with E-state index in [1.807, 2.05) is 0 Å². The van der Waals surface area contributed by atoms with Crippen molar-refractivity contribution in [3.8, 4) is 23.0 Å². The van der Waals surface area contributed by atoms with Gasteiger partial charge in [-0.05, 0) is 29.7 Å². The third-order valence-electron chi connectivity index (χ3n) is 5.10. The topological polar surface area (TPSA) is 93.5 Å². The minimum absolute atomic E-state index is 0.0201. The Morgan fingerprint density at radius 2 is 1.62 bits per heavy atom. The largest absolute Gasteiger partial charge is 0.504 e. The van der Waals surface area contributed by atoms with E-state index in [1.165, 1.54) is 49.1 Å². The maximum absolute atomic E-state index is 15.7. The molecular weight excluding hydrogens is 381 g/mol. The van der Waals surface area contributed by atoms with Crippen molar-refractivity contribution in [2.45, 2.75) is 0 Å². The molecule has 0 unspecified atom stereocenters. The fourth-order valence-corrected chi connectivity index (χ4v) is 3.79. The number of methoxy groups -OCH3 is 2. The Balaban J connectivity index is 2.06. The summed E-state index contributed by atoms with van der Waals surface area (Å²) in [6.45, 7) is 0. The van der Waals surface area contributed by atoms with E-state index in [-0.39, 0.29) is 50.4 Å². The highest BCUT2D eigenvalue weighted by molar-refractivity contribution is 6.11. The maximum Gasteiger partial charge on any atom is 0.361 e. The highest BCUT2D eigenvalue weighted by Gasteiger charge is 2.23. The molecule has 0 aliphatic rings. The summed E-state index contributed by atoms with van der Waals surface area (Å²) in [6.07, 6.45) is 1.54. The quantitative estimate of drug-likeness (QED) is 0.440. The van der Waals surface area contributed by atoms with Crippen LogP contribution in [0.3, 0.4) is 0 Å². The molecule has 146 valence electrons. The first-order chi connectivity index (χ1) is 13.9. The predicted octanol–water partition coefficient (Wildman–Crippen LogP) is 3.92. The number of hydrogen-bond acceptors (Lipinski definition) is 6.